The highest BCUT2D eigenvalue weighted by molar-refractivity contribution is 6.04. The molecule has 0 aliphatic heterocycles. The molecule has 0 spiro atoms. The average Bonchev–Trinajstić information content (AvgIpc) is 2.90. The van der Waals surface area contributed by atoms with Crippen LogP contribution >= 0.6 is 0 Å². The number of benzene rings is 1. The highest BCUT2D eigenvalue weighted by atomic mass is 19.3. The standard InChI is InChI=1S/C15H14F2N4O3/c16-15(17)5-12(15)24-11-3-1-9(2-4-11)14(23)20-10-6-19-21(7-10)8-13(18)22/h1-4,6-7,12H,5,8H2,(H2,18,22)(H,20,23). The van der Waals surface area contributed by atoms with E-state index in [0.29, 0.717) is 11.3 Å². The molecule has 0 saturated heterocycles. The summed E-state index contributed by atoms with van der Waals surface area (Å²) in [5.41, 5.74) is 5.78. The van der Waals surface area contributed by atoms with Crippen LogP contribution in [0.25, 0.3) is 0 Å². The third-order valence-corrected chi connectivity index (χ3v) is 3.37. The lowest BCUT2D eigenvalue weighted by molar-refractivity contribution is -0.118. The first-order valence-electron chi connectivity index (χ1n) is 7.10. The Balaban J connectivity index is 1.58. The summed E-state index contributed by atoms with van der Waals surface area (Å²) in [6.07, 6.45) is 1.47. The predicted octanol–water partition coefficient (Wildman–Crippen LogP) is 1.41. The Labute approximate surface area is 135 Å². The second kappa shape index (κ2) is 5.91. The summed E-state index contributed by atoms with van der Waals surface area (Å²) in [6, 6.07) is 5.86. The van der Waals surface area contributed by atoms with E-state index in [9.17, 15) is 18.4 Å². The maximum absolute atomic E-state index is 12.8. The summed E-state index contributed by atoms with van der Waals surface area (Å²) in [5, 5.41) is 6.48. The van der Waals surface area contributed by atoms with Crippen LogP contribution in [0.1, 0.15) is 16.8 Å². The zero-order valence-electron chi connectivity index (χ0n) is 12.4. The number of carbonyl (C=O) groups excluding carboxylic acids is 2. The van der Waals surface area contributed by atoms with E-state index in [4.69, 9.17) is 10.5 Å². The van der Waals surface area contributed by atoms with Gasteiger partial charge in [-0.15, -0.1) is 0 Å². The molecule has 1 aliphatic rings. The van der Waals surface area contributed by atoms with Crippen molar-refractivity contribution in [2.24, 2.45) is 5.73 Å². The Kier molecular flexibility index (Phi) is 3.92. The number of primary amides is 1. The highest BCUT2D eigenvalue weighted by Crippen LogP contribution is 2.44. The molecule has 9 heteroatoms. The Hall–Kier alpha value is -2.97. The number of ether oxygens (including phenoxy) is 1. The van der Waals surface area contributed by atoms with Crippen molar-refractivity contribution in [1.29, 1.82) is 0 Å². The molecule has 24 heavy (non-hydrogen) atoms. The van der Waals surface area contributed by atoms with Gasteiger partial charge in [-0.25, -0.2) is 8.78 Å². The fraction of sp³-hybridized carbons (Fsp3) is 0.267. The van der Waals surface area contributed by atoms with Gasteiger partial charge in [-0.3, -0.25) is 14.3 Å². The first kappa shape index (κ1) is 15.9. The first-order valence-corrected chi connectivity index (χ1v) is 7.10. The second-order valence-electron chi connectivity index (χ2n) is 5.44. The largest absolute Gasteiger partial charge is 0.484 e. The van der Waals surface area contributed by atoms with Crippen molar-refractivity contribution in [3.8, 4) is 5.75 Å². The number of rotatable bonds is 6. The maximum Gasteiger partial charge on any atom is 0.288 e. The number of nitrogens with one attached hydrogen (secondary N) is 1. The van der Waals surface area contributed by atoms with Crippen LogP contribution in [0.4, 0.5) is 14.5 Å². The number of aromatic nitrogens is 2. The number of anilines is 1. The normalized spacial score (nSPS) is 18.0. The topological polar surface area (TPSA) is 99.2 Å². The Morgan fingerprint density at radius 2 is 2.04 bits per heavy atom. The molecule has 1 atom stereocenters. The summed E-state index contributed by atoms with van der Waals surface area (Å²) < 4.78 is 32.0. The number of amides is 2. The number of nitrogens with zero attached hydrogens (tertiary/aromatic N) is 2. The van der Waals surface area contributed by atoms with Crippen LogP contribution in [0, 0.1) is 0 Å². The van der Waals surface area contributed by atoms with Crippen molar-refractivity contribution in [2.45, 2.75) is 25.0 Å². The zero-order chi connectivity index (χ0) is 17.3. The van der Waals surface area contributed by atoms with E-state index in [1.54, 1.807) is 0 Å². The predicted molar refractivity (Wildman–Crippen MR) is 79.8 cm³/mol. The number of carbonyl (C=O) groups is 2. The van der Waals surface area contributed by atoms with E-state index in [-0.39, 0.29) is 18.7 Å². The molecular formula is C15H14F2N4O3. The molecule has 3 rings (SSSR count). The van der Waals surface area contributed by atoms with Gasteiger partial charge >= 0.3 is 0 Å². The minimum Gasteiger partial charge on any atom is -0.484 e. The van der Waals surface area contributed by atoms with Gasteiger partial charge in [0, 0.05) is 11.8 Å². The smallest absolute Gasteiger partial charge is 0.288 e. The van der Waals surface area contributed by atoms with Crippen LogP contribution in [0.5, 0.6) is 5.75 Å². The van der Waals surface area contributed by atoms with Crippen LogP contribution in [-0.2, 0) is 11.3 Å². The SMILES string of the molecule is NC(=O)Cn1cc(NC(=O)c2ccc(OC3CC3(F)F)cc2)cn1. The van der Waals surface area contributed by atoms with E-state index < -0.39 is 23.8 Å². The van der Waals surface area contributed by atoms with Crippen LogP contribution in [-0.4, -0.2) is 33.6 Å². The minimum absolute atomic E-state index is 0.0896. The highest BCUT2D eigenvalue weighted by Gasteiger charge is 2.59. The van der Waals surface area contributed by atoms with Crippen molar-refractivity contribution in [1.82, 2.24) is 9.78 Å². The van der Waals surface area contributed by atoms with Crippen LogP contribution < -0.4 is 15.8 Å². The molecule has 3 N–H and O–H groups in total. The third kappa shape index (κ3) is 3.67. The number of nitrogens with two attached hydrogens (primary N) is 1. The van der Waals surface area contributed by atoms with Gasteiger partial charge in [0.2, 0.25) is 5.91 Å². The Morgan fingerprint density at radius 1 is 1.38 bits per heavy atom. The Bertz CT molecular complexity index is 773. The summed E-state index contributed by atoms with van der Waals surface area (Å²) in [4.78, 5) is 22.9. The van der Waals surface area contributed by atoms with Gasteiger partial charge in [-0.2, -0.15) is 5.10 Å². The summed E-state index contributed by atoms with van der Waals surface area (Å²) >= 11 is 0. The van der Waals surface area contributed by atoms with Crippen LogP contribution in [0.3, 0.4) is 0 Å². The van der Waals surface area contributed by atoms with Crippen LogP contribution in [0.15, 0.2) is 36.7 Å². The molecule has 2 aromatic rings. The van der Waals surface area contributed by atoms with Crippen molar-refractivity contribution in [3.63, 3.8) is 0 Å². The third-order valence-electron chi connectivity index (χ3n) is 3.37. The molecule has 2 amide bonds. The van der Waals surface area contributed by atoms with Crippen molar-refractivity contribution in [2.75, 3.05) is 5.32 Å². The monoisotopic (exact) mass is 336 g/mol. The number of hydrogen-bond donors (Lipinski definition) is 2. The molecule has 1 unspecified atom stereocenters. The van der Waals surface area contributed by atoms with Crippen molar-refractivity contribution >= 4 is 17.5 Å². The van der Waals surface area contributed by atoms with Gasteiger partial charge in [-0.1, -0.05) is 0 Å². The molecule has 1 aromatic heterocycles. The van der Waals surface area contributed by atoms with Crippen molar-refractivity contribution in [3.05, 3.63) is 42.2 Å². The summed E-state index contributed by atoms with van der Waals surface area (Å²) in [6.45, 7) is -0.0896. The Morgan fingerprint density at radius 3 is 2.62 bits per heavy atom. The molecule has 1 aromatic carbocycles. The van der Waals surface area contributed by atoms with Gasteiger partial charge in [0.1, 0.15) is 12.3 Å². The van der Waals surface area contributed by atoms with E-state index in [1.807, 2.05) is 0 Å². The fourth-order valence-corrected chi connectivity index (χ4v) is 2.04. The number of hydrogen-bond acceptors (Lipinski definition) is 4. The van der Waals surface area contributed by atoms with Gasteiger partial charge in [0.25, 0.3) is 11.8 Å². The first-order chi connectivity index (χ1) is 11.3. The lowest BCUT2D eigenvalue weighted by atomic mass is 10.2. The second-order valence-corrected chi connectivity index (χ2v) is 5.44. The fourth-order valence-electron chi connectivity index (χ4n) is 2.04. The summed E-state index contributed by atoms with van der Waals surface area (Å²) in [5.74, 6) is -3.44. The van der Waals surface area contributed by atoms with Gasteiger partial charge in [-0.05, 0) is 24.3 Å². The molecule has 126 valence electrons. The molecule has 0 radical (unpaired) electrons. The zero-order valence-corrected chi connectivity index (χ0v) is 12.4. The van der Waals surface area contributed by atoms with E-state index >= 15 is 0 Å². The lowest BCUT2D eigenvalue weighted by Crippen LogP contribution is -2.18. The quantitative estimate of drug-likeness (QED) is 0.833. The maximum atomic E-state index is 12.8. The molecule has 7 nitrogen and oxygen atoms in total. The van der Waals surface area contributed by atoms with E-state index in [1.165, 1.54) is 41.3 Å². The number of alkyl halides is 2. The van der Waals surface area contributed by atoms with Crippen LogP contribution in [0.2, 0.25) is 0 Å². The molecule has 1 heterocycles. The average molecular weight is 336 g/mol. The minimum atomic E-state index is -2.76. The summed E-state index contributed by atoms with van der Waals surface area (Å²) in [7, 11) is 0. The molecule has 0 bridgehead atoms. The van der Waals surface area contributed by atoms with E-state index in [0.717, 1.165) is 0 Å². The molecule has 1 fully saturated rings. The lowest BCUT2D eigenvalue weighted by Gasteiger charge is -2.06. The molecule has 1 saturated carbocycles. The van der Waals surface area contributed by atoms with Gasteiger partial charge in [0.05, 0.1) is 18.3 Å². The molecule has 1 aliphatic carbocycles. The van der Waals surface area contributed by atoms with Gasteiger partial charge < -0.3 is 15.8 Å². The number of halogens is 2. The molecular weight excluding hydrogens is 322 g/mol. The van der Waals surface area contributed by atoms with Crippen molar-refractivity contribution < 1.29 is 23.1 Å². The van der Waals surface area contributed by atoms with Gasteiger partial charge in [0.15, 0.2) is 6.10 Å². The van der Waals surface area contributed by atoms with E-state index in [2.05, 4.69) is 10.4 Å².